The van der Waals surface area contributed by atoms with Gasteiger partial charge in [-0.25, -0.2) is 0 Å². The number of hydrogen-bond acceptors (Lipinski definition) is 2. The van der Waals surface area contributed by atoms with Crippen molar-refractivity contribution in [2.45, 2.75) is 38.1 Å². The zero-order valence-electron chi connectivity index (χ0n) is 11.1. The van der Waals surface area contributed by atoms with Crippen LogP contribution in [0.5, 0.6) is 0 Å². The third-order valence-electron chi connectivity index (χ3n) is 3.09. The van der Waals surface area contributed by atoms with Gasteiger partial charge in [0.15, 0.2) is 0 Å². The van der Waals surface area contributed by atoms with E-state index in [4.69, 9.17) is 0 Å². The summed E-state index contributed by atoms with van der Waals surface area (Å²) in [5, 5.41) is 3.32. The Kier molecular flexibility index (Phi) is 6.60. The minimum Gasteiger partial charge on any atom is -0.313 e. The molecule has 0 radical (unpaired) electrons. The van der Waals surface area contributed by atoms with Gasteiger partial charge in [0.05, 0.1) is 0 Å². The molecule has 1 aromatic carbocycles. The zero-order chi connectivity index (χ0) is 12.8. The maximum absolute atomic E-state index is 3.55. The molecule has 0 aliphatic heterocycles. The van der Waals surface area contributed by atoms with Crippen LogP contribution in [0, 0.1) is 5.92 Å². The Bertz CT molecular complexity index is 354. The predicted octanol–water partition coefficient (Wildman–Crippen LogP) is 4.87. The molecule has 0 aromatic heterocycles. The predicted molar refractivity (Wildman–Crippen MR) is 81.8 cm³/mol. The van der Waals surface area contributed by atoms with Gasteiger partial charge >= 0.3 is 0 Å². The first-order valence-electron chi connectivity index (χ1n) is 6.18. The lowest BCUT2D eigenvalue weighted by atomic mass is 10.1. The van der Waals surface area contributed by atoms with Crippen LogP contribution in [-0.2, 0) is 0 Å². The Hall–Kier alpha value is 0.01000. The van der Waals surface area contributed by atoms with Crippen molar-refractivity contribution in [1.82, 2.24) is 5.32 Å². The molecule has 2 unspecified atom stereocenters. The lowest BCUT2D eigenvalue weighted by Gasteiger charge is -2.17. The molecule has 0 heterocycles. The molecule has 0 fully saturated rings. The average Bonchev–Trinajstić information content (AvgIpc) is 2.35. The van der Waals surface area contributed by atoms with E-state index in [1.807, 2.05) is 18.8 Å². The first kappa shape index (κ1) is 15.1. The molecule has 0 bridgehead atoms. The topological polar surface area (TPSA) is 12.0 Å². The van der Waals surface area contributed by atoms with Crippen LogP contribution < -0.4 is 5.32 Å². The molecule has 1 aromatic rings. The van der Waals surface area contributed by atoms with Gasteiger partial charge in [0, 0.05) is 21.2 Å². The lowest BCUT2D eigenvalue weighted by molar-refractivity contribution is 0.632. The largest absolute Gasteiger partial charge is 0.313 e. The quantitative estimate of drug-likeness (QED) is 0.752. The van der Waals surface area contributed by atoms with Gasteiger partial charge in [-0.3, -0.25) is 0 Å². The summed E-state index contributed by atoms with van der Waals surface area (Å²) in [6.45, 7) is 6.77. The van der Waals surface area contributed by atoms with Crippen molar-refractivity contribution in [3.63, 3.8) is 0 Å². The van der Waals surface area contributed by atoms with Crippen molar-refractivity contribution in [3.05, 3.63) is 28.2 Å². The van der Waals surface area contributed by atoms with E-state index < -0.39 is 0 Å². The third-order valence-corrected chi connectivity index (χ3v) is 5.00. The number of benzene rings is 1. The fraction of sp³-hybridized carbons (Fsp3) is 0.571. The molecule has 17 heavy (non-hydrogen) atoms. The second kappa shape index (κ2) is 7.45. The van der Waals surface area contributed by atoms with E-state index in [-0.39, 0.29) is 0 Å². The summed E-state index contributed by atoms with van der Waals surface area (Å²) >= 11 is 5.52. The van der Waals surface area contributed by atoms with Crippen molar-refractivity contribution in [2.24, 2.45) is 5.92 Å². The van der Waals surface area contributed by atoms with Crippen molar-refractivity contribution in [3.8, 4) is 0 Å². The van der Waals surface area contributed by atoms with E-state index in [9.17, 15) is 0 Å². The molecular formula is C14H22BrNS. The van der Waals surface area contributed by atoms with Crippen LogP contribution in [0.25, 0.3) is 0 Å². The minimum absolute atomic E-state index is 0.395. The Morgan fingerprint density at radius 2 is 2.06 bits per heavy atom. The van der Waals surface area contributed by atoms with Crippen molar-refractivity contribution in [1.29, 1.82) is 0 Å². The molecule has 0 saturated carbocycles. The summed E-state index contributed by atoms with van der Waals surface area (Å²) in [7, 11) is 2.01. The van der Waals surface area contributed by atoms with E-state index in [1.165, 1.54) is 22.6 Å². The maximum Gasteiger partial charge on any atom is 0.0300 e. The number of rotatable bonds is 6. The second-order valence-corrected chi connectivity index (χ2v) is 6.49. The summed E-state index contributed by atoms with van der Waals surface area (Å²) in [6, 6.07) is 6.97. The van der Waals surface area contributed by atoms with Crippen LogP contribution in [0.2, 0.25) is 0 Å². The van der Waals surface area contributed by atoms with Gasteiger partial charge in [0.2, 0.25) is 0 Å². The monoisotopic (exact) mass is 315 g/mol. The highest BCUT2D eigenvalue weighted by Crippen LogP contribution is 2.31. The molecule has 96 valence electrons. The first-order chi connectivity index (χ1) is 8.08. The molecule has 0 aliphatic carbocycles. The molecule has 0 saturated heterocycles. The summed E-state index contributed by atoms with van der Waals surface area (Å²) < 4.78 is 1.16. The SMILES string of the molecule is CCC(C)CSc1ccc(Br)cc1C(C)NC. The standard InChI is InChI=1S/C14H22BrNS/c1-5-10(2)9-17-14-7-6-12(15)8-13(14)11(3)16-4/h6-8,10-11,16H,5,9H2,1-4H3. The van der Waals surface area contributed by atoms with Gasteiger partial charge in [-0.1, -0.05) is 36.2 Å². The number of hydrogen-bond donors (Lipinski definition) is 1. The Morgan fingerprint density at radius 3 is 2.65 bits per heavy atom. The van der Waals surface area contributed by atoms with E-state index in [0.29, 0.717) is 6.04 Å². The molecule has 0 aliphatic rings. The molecule has 2 atom stereocenters. The van der Waals surface area contributed by atoms with Crippen LogP contribution in [-0.4, -0.2) is 12.8 Å². The molecule has 3 heteroatoms. The molecular weight excluding hydrogens is 294 g/mol. The summed E-state index contributed by atoms with van der Waals surface area (Å²) in [5.41, 5.74) is 1.38. The van der Waals surface area contributed by atoms with Gasteiger partial charge in [-0.05, 0) is 43.7 Å². The van der Waals surface area contributed by atoms with Gasteiger partial charge in [-0.2, -0.15) is 0 Å². The molecule has 0 spiro atoms. The van der Waals surface area contributed by atoms with Crippen molar-refractivity contribution < 1.29 is 0 Å². The van der Waals surface area contributed by atoms with Crippen molar-refractivity contribution >= 4 is 27.7 Å². The summed E-state index contributed by atoms with van der Waals surface area (Å²) in [4.78, 5) is 1.40. The fourth-order valence-corrected chi connectivity index (χ4v) is 3.14. The van der Waals surface area contributed by atoms with E-state index in [2.05, 4.69) is 60.2 Å². The molecule has 1 rings (SSSR count). The molecule has 1 N–H and O–H groups in total. The first-order valence-corrected chi connectivity index (χ1v) is 7.95. The Labute approximate surface area is 118 Å². The summed E-state index contributed by atoms with van der Waals surface area (Å²) in [6.07, 6.45) is 1.25. The van der Waals surface area contributed by atoms with Crippen LogP contribution >= 0.6 is 27.7 Å². The Balaban J connectivity index is 2.83. The Morgan fingerprint density at radius 1 is 1.35 bits per heavy atom. The second-order valence-electron chi connectivity index (χ2n) is 4.52. The van der Waals surface area contributed by atoms with Crippen LogP contribution in [0.15, 0.2) is 27.6 Å². The average molecular weight is 316 g/mol. The van der Waals surface area contributed by atoms with E-state index in [1.54, 1.807) is 0 Å². The fourth-order valence-electron chi connectivity index (χ4n) is 1.49. The molecule has 0 amide bonds. The normalized spacial score (nSPS) is 14.6. The number of halogens is 1. The van der Waals surface area contributed by atoms with E-state index in [0.717, 1.165) is 10.4 Å². The lowest BCUT2D eigenvalue weighted by Crippen LogP contribution is -2.13. The maximum atomic E-state index is 3.55. The number of nitrogens with one attached hydrogen (secondary N) is 1. The molecule has 1 nitrogen and oxygen atoms in total. The van der Waals surface area contributed by atoms with Crippen LogP contribution in [0.4, 0.5) is 0 Å². The highest BCUT2D eigenvalue weighted by atomic mass is 79.9. The number of thioether (sulfide) groups is 1. The smallest absolute Gasteiger partial charge is 0.0300 e. The highest BCUT2D eigenvalue weighted by Gasteiger charge is 2.11. The summed E-state index contributed by atoms with van der Waals surface area (Å²) in [5.74, 6) is 1.98. The highest BCUT2D eigenvalue weighted by molar-refractivity contribution is 9.10. The third kappa shape index (κ3) is 4.65. The van der Waals surface area contributed by atoms with Gasteiger partial charge < -0.3 is 5.32 Å². The van der Waals surface area contributed by atoms with Gasteiger partial charge in [0.25, 0.3) is 0 Å². The zero-order valence-corrected chi connectivity index (χ0v) is 13.5. The minimum atomic E-state index is 0.395. The van der Waals surface area contributed by atoms with Gasteiger partial charge in [0.1, 0.15) is 0 Å². The van der Waals surface area contributed by atoms with Crippen LogP contribution in [0.3, 0.4) is 0 Å². The van der Waals surface area contributed by atoms with Gasteiger partial charge in [-0.15, -0.1) is 11.8 Å². The van der Waals surface area contributed by atoms with Crippen molar-refractivity contribution in [2.75, 3.05) is 12.8 Å². The van der Waals surface area contributed by atoms with Crippen LogP contribution in [0.1, 0.15) is 38.8 Å². The van der Waals surface area contributed by atoms with E-state index >= 15 is 0 Å².